The minimum Gasteiger partial charge on any atom is -0.326 e. The van der Waals surface area contributed by atoms with Gasteiger partial charge in [0.05, 0.1) is 17.5 Å². The third-order valence-corrected chi connectivity index (χ3v) is 4.29. The van der Waals surface area contributed by atoms with Crippen molar-refractivity contribution >= 4 is 29.1 Å². The number of carbonyl (C=O) groups excluding carboxylic acids is 3. The summed E-state index contributed by atoms with van der Waals surface area (Å²) >= 11 is 0. The summed E-state index contributed by atoms with van der Waals surface area (Å²) in [5.74, 6) is -0.571. The Morgan fingerprint density at radius 2 is 1.57 bits per heavy atom. The second-order valence-corrected chi connectivity index (χ2v) is 5.74. The molecule has 0 radical (unpaired) electrons. The normalized spacial score (nSPS) is 24.9. The van der Waals surface area contributed by atoms with E-state index in [9.17, 15) is 14.4 Å². The molecule has 21 heavy (non-hydrogen) atoms. The van der Waals surface area contributed by atoms with Gasteiger partial charge in [0.25, 0.3) is 0 Å². The van der Waals surface area contributed by atoms with Gasteiger partial charge in [0, 0.05) is 12.6 Å². The van der Waals surface area contributed by atoms with E-state index in [1.54, 1.807) is 24.3 Å². The molecule has 1 aromatic rings. The van der Waals surface area contributed by atoms with Crippen LogP contribution in [0.1, 0.15) is 32.6 Å². The van der Waals surface area contributed by atoms with E-state index in [1.807, 2.05) is 0 Å². The summed E-state index contributed by atoms with van der Waals surface area (Å²) < 4.78 is 0. The Hall–Kier alpha value is -2.17. The highest BCUT2D eigenvalue weighted by molar-refractivity contribution is 6.22. The molecule has 1 aliphatic carbocycles. The number of nitrogens with one attached hydrogen (secondary N) is 1. The van der Waals surface area contributed by atoms with Crippen LogP contribution in [0.25, 0.3) is 0 Å². The molecule has 1 N–H and O–H groups in total. The average Bonchev–Trinajstić information content (AvgIpc) is 2.72. The topological polar surface area (TPSA) is 66.5 Å². The number of carbonyl (C=O) groups is 3. The van der Waals surface area contributed by atoms with Gasteiger partial charge in [0.1, 0.15) is 0 Å². The summed E-state index contributed by atoms with van der Waals surface area (Å²) in [6.45, 7) is 1.44. The van der Waals surface area contributed by atoms with Gasteiger partial charge in [-0.1, -0.05) is 12.8 Å². The predicted octanol–water partition coefficient (Wildman–Crippen LogP) is 2.32. The van der Waals surface area contributed by atoms with Crippen LogP contribution in [0, 0.1) is 11.8 Å². The lowest BCUT2D eigenvalue weighted by molar-refractivity contribution is -0.122. The molecule has 5 nitrogen and oxygen atoms in total. The van der Waals surface area contributed by atoms with Gasteiger partial charge in [-0.2, -0.15) is 0 Å². The van der Waals surface area contributed by atoms with Crippen molar-refractivity contribution in [2.75, 3.05) is 10.2 Å². The van der Waals surface area contributed by atoms with Crippen LogP contribution in [0.15, 0.2) is 24.3 Å². The number of imide groups is 1. The van der Waals surface area contributed by atoms with E-state index in [-0.39, 0.29) is 29.6 Å². The van der Waals surface area contributed by atoms with E-state index >= 15 is 0 Å². The molecule has 1 aliphatic heterocycles. The highest BCUT2D eigenvalue weighted by atomic mass is 16.2. The van der Waals surface area contributed by atoms with Crippen LogP contribution in [0.2, 0.25) is 0 Å². The molecule has 2 aliphatic rings. The molecule has 1 aromatic carbocycles. The first kappa shape index (κ1) is 13.8. The van der Waals surface area contributed by atoms with Crippen LogP contribution in [-0.2, 0) is 14.4 Å². The largest absolute Gasteiger partial charge is 0.326 e. The number of amides is 3. The van der Waals surface area contributed by atoms with Gasteiger partial charge < -0.3 is 5.32 Å². The van der Waals surface area contributed by atoms with E-state index in [4.69, 9.17) is 0 Å². The molecule has 1 saturated heterocycles. The van der Waals surface area contributed by atoms with Crippen LogP contribution in [0.4, 0.5) is 11.4 Å². The minimum absolute atomic E-state index is 0.0722. The van der Waals surface area contributed by atoms with Crippen molar-refractivity contribution < 1.29 is 14.4 Å². The van der Waals surface area contributed by atoms with Crippen LogP contribution in [0.5, 0.6) is 0 Å². The average molecular weight is 286 g/mol. The molecule has 2 atom stereocenters. The monoisotopic (exact) mass is 286 g/mol. The summed E-state index contributed by atoms with van der Waals surface area (Å²) in [6, 6.07) is 6.83. The number of rotatable bonds is 2. The van der Waals surface area contributed by atoms with Crippen LogP contribution < -0.4 is 10.2 Å². The van der Waals surface area contributed by atoms with Crippen molar-refractivity contribution in [2.45, 2.75) is 32.6 Å². The van der Waals surface area contributed by atoms with Crippen molar-refractivity contribution in [2.24, 2.45) is 11.8 Å². The minimum atomic E-state index is -0.151. The molecule has 1 saturated carbocycles. The van der Waals surface area contributed by atoms with Gasteiger partial charge in [0.15, 0.2) is 0 Å². The van der Waals surface area contributed by atoms with Crippen LogP contribution in [-0.4, -0.2) is 17.7 Å². The number of hydrogen-bond acceptors (Lipinski definition) is 3. The van der Waals surface area contributed by atoms with Gasteiger partial charge in [-0.25, -0.2) is 0 Å². The molecule has 2 fully saturated rings. The van der Waals surface area contributed by atoms with E-state index in [1.165, 1.54) is 11.8 Å². The second-order valence-electron chi connectivity index (χ2n) is 5.74. The molecule has 1 heterocycles. The quantitative estimate of drug-likeness (QED) is 0.848. The van der Waals surface area contributed by atoms with E-state index in [0.717, 1.165) is 25.7 Å². The summed E-state index contributed by atoms with van der Waals surface area (Å²) in [7, 11) is 0. The third-order valence-electron chi connectivity index (χ3n) is 4.29. The van der Waals surface area contributed by atoms with Crippen molar-refractivity contribution in [1.82, 2.24) is 0 Å². The zero-order valence-electron chi connectivity index (χ0n) is 12.0. The molecule has 3 amide bonds. The standard InChI is InChI=1S/C16H18N2O3/c1-10(19)17-11-6-8-12(9-7-11)18-15(20)13-4-2-3-5-14(13)16(18)21/h6-9,13-14H,2-5H2,1H3,(H,17,19). The first-order valence-electron chi connectivity index (χ1n) is 7.33. The highest BCUT2D eigenvalue weighted by Gasteiger charge is 2.48. The Morgan fingerprint density at radius 1 is 1.05 bits per heavy atom. The van der Waals surface area contributed by atoms with Gasteiger partial charge in [-0.3, -0.25) is 19.3 Å². The van der Waals surface area contributed by atoms with Crippen LogP contribution in [0.3, 0.4) is 0 Å². The molecule has 5 heteroatoms. The molecular weight excluding hydrogens is 268 g/mol. The second kappa shape index (κ2) is 5.31. The highest BCUT2D eigenvalue weighted by Crippen LogP contribution is 2.40. The maximum atomic E-state index is 12.4. The fourth-order valence-electron chi connectivity index (χ4n) is 3.31. The van der Waals surface area contributed by atoms with Crippen molar-refractivity contribution in [3.63, 3.8) is 0 Å². The van der Waals surface area contributed by atoms with Gasteiger partial charge in [0.2, 0.25) is 17.7 Å². The van der Waals surface area contributed by atoms with Crippen LogP contribution >= 0.6 is 0 Å². The van der Waals surface area contributed by atoms with E-state index < -0.39 is 0 Å². The fraction of sp³-hybridized carbons (Fsp3) is 0.438. The molecule has 3 rings (SSSR count). The molecule has 2 unspecified atom stereocenters. The maximum Gasteiger partial charge on any atom is 0.237 e. The van der Waals surface area contributed by atoms with E-state index in [0.29, 0.717) is 11.4 Å². The smallest absolute Gasteiger partial charge is 0.237 e. The summed E-state index contributed by atoms with van der Waals surface area (Å²) in [4.78, 5) is 37.2. The Kier molecular flexibility index (Phi) is 3.49. The first-order chi connectivity index (χ1) is 10.1. The van der Waals surface area contributed by atoms with Gasteiger partial charge in [-0.15, -0.1) is 0 Å². The lowest BCUT2D eigenvalue weighted by atomic mass is 9.81. The Morgan fingerprint density at radius 3 is 2.05 bits per heavy atom. The zero-order chi connectivity index (χ0) is 15.0. The summed E-state index contributed by atoms with van der Waals surface area (Å²) in [5.41, 5.74) is 1.25. The molecule has 0 bridgehead atoms. The van der Waals surface area contributed by atoms with Crippen molar-refractivity contribution in [3.05, 3.63) is 24.3 Å². The lowest BCUT2D eigenvalue weighted by Crippen LogP contribution is -2.30. The first-order valence-corrected chi connectivity index (χ1v) is 7.33. The molecular formula is C16H18N2O3. The van der Waals surface area contributed by atoms with Gasteiger partial charge >= 0.3 is 0 Å². The number of hydrogen-bond donors (Lipinski definition) is 1. The number of fused-ring (bicyclic) bond motifs is 1. The number of anilines is 2. The third kappa shape index (κ3) is 2.44. The Bertz CT molecular complexity index is 570. The predicted molar refractivity (Wildman–Crippen MR) is 78.7 cm³/mol. The Balaban J connectivity index is 1.84. The van der Waals surface area contributed by atoms with Crippen molar-refractivity contribution in [1.29, 1.82) is 0 Å². The molecule has 0 spiro atoms. The molecule has 0 aromatic heterocycles. The number of benzene rings is 1. The van der Waals surface area contributed by atoms with E-state index in [2.05, 4.69) is 5.32 Å². The molecule has 110 valence electrons. The zero-order valence-corrected chi connectivity index (χ0v) is 12.0. The number of nitrogens with zero attached hydrogens (tertiary/aromatic N) is 1. The van der Waals surface area contributed by atoms with Gasteiger partial charge in [-0.05, 0) is 37.1 Å². The summed E-state index contributed by atoms with van der Waals surface area (Å²) in [5, 5.41) is 2.67. The summed E-state index contributed by atoms with van der Waals surface area (Å²) in [6.07, 6.45) is 3.68. The Labute approximate surface area is 123 Å². The van der Waals surface area contributed by atoms with Crippen molar-refractivity contribution in [3.8, 4) is 0 Å². The SMILES string of the molecule is CC(=O)Nc1ccc(N2C(=O)C3CCCCC3C2=O)cc1. The fourth-order valence-corrected chi connectivity index (χ4v) is 3.31. The maximum absolute atomic E-state index is 12.4. The lowest BCUT2D eigenvalue weighted by Gasteiger charge is -2.19.